The maximum absolute atomic E-state index is 14.1. The van der Waals surface area contributed by atoms with Gasteiger partial charge in [-0.25, -0.2) is 22.8 Å². The van der Waals surface area contributed by atoms with Crippen LogP contribution >= 0.6 is 11.3 Å². The summed E-state index contributed by atoms with van der Waals surface area (Å²) in [7, 11) is -3.88. The van der Waals surface area contributed by atoms with Gasteiger partial charge in [0.05, 0.1) is 21.2 Å². The number of rotatable bonds is 8. The van der Waals surface area contributed by atoms with Crippen molar-refractivity contribution in [3.63, 3.8) is 0 Å². The average Bonchev–Trinajstić information content (AvgIpc) is 3.74. The normalized spacial score (nSPS) is 19.6. The number of sulfone groups is 1. The SMILES string of the molecule is CCc1cc(C2CCN(CCF)CC2)ccc1Nc1ncc(C(F)(F)F)c(-c2cc3c(s2)C(=O)N(C2CC2)CCS3(=O)=O)n1. The molecule has 1 aromatic carbocycles. The highest BCUT2D eigenvalue weighted by Gasteiger charge is 2.41. The number of nitrogens with zero attached hydrogens (tertiary/aromatic N) is 4. The minimum Gasteiger partial charge on any atom is -0.334 e. The first kappa shape index (κ1) is 30.9. The zero-order valence-electron chi connectivity index (χ0n) is 24.2. The fourth-order valence-electron chi connectivity index (χ4n) is 6.02. The quantitative estimate of drug-likeness (QED) is 0.296. The van der Waals surface area contributed by atoms with Crippen LogP contribution in [0.25, 0.3) is 10.6 Å². The zero-order chi connectivity index (χ0) is 31.2. The van der Waals surface area contributed by atoms with E-state index in [9.17, 15) is 30.8 Å². The van der Waals surface area contributed by atoms with Gasteiger partial charge >= 0.3 is 6.18 Å². The van der Waals surface area contributed by atoms with E-state index in [1.807, 2.05) is 19.1 Å². The lowest BCUT2D eigenvalue weighted by Gasteiger charge is -2.31. The zero-order valence-corrected chi connectivity index (χ0v) is 25.8. The summed E-state index contributed by atoms with van der Waals surface area (Å²) in [5.74, 6) is -0.495. The molecule has 44 heavy (non-hydrogen) atoms. The number of aryl methyl sites for hydroxylation is 1. The third-order valence-corrected chi connectivity index (χ3v) is 11.6. The smallest absolute Gasteiger partial charge is 0.334 e. The molecule has 2 fully saturated rings. The van der Waals surface area contributed by atoms with Gasteiger partial charge in [-0.1, -0.05) is 19.1 Å². The Kier molecular flexibility index (Phi) is 8.44. The monoisotopic (exact) mass is 651 g/mol. The first-order chi connectivity index (χ1) is 21.0. The van der Waals surface area contributed by atoms with E-state index >= 15 is 0 Å². The van der Waals surface area contributed by atoms with Crippen molar-refractivity contribution in [2.75, 3.05) is 43.9 Å². The number of anilines is 2. The molecule has 4 heterocycles. The van der Waals surface area contributed by atoms with Gasteiger partial charge in [-0.15, -0.1) is 11.3 Å². The van der Waals surface area contributed by atoms with Crippen LogP contribution < -0.4 is 5.32 Å². The average molecular weight is 652 g/mol. The van der Waals surface area contributed by atoms with Crippen LogP contribution in [0.1, 0.15) is 64.9 Å². The molecule has 0 radical (unpaired) electrons. The summed E-state index contributed by atoms with van der Waals surface area (Å²) < 4.78 is 81.3. The number of aromatic nitrogens is 2. The van der Waals surface area contributed by atoms with Gasteiger partial charge in [0, 0.05) is 31.0 Å². The predicted molar refractivity (Wildman–Crippen MR) is 160 cm³/mol. The Morgan fingerprint density at radius 3 is 2.50 bits per heavy atom. The van der Waals surface area contributed by atoms with Crippen LogP contribution in [0.5, 0.6) is 0 Å². The van der Waals surface area contributed by atoms with Crippen molar-refractivity contribution in [2.24, 2.45) is 0 Å². The molecule has 0 unspecified atom stereocenters. The molecule has 236 valence electrons. The molecule has 8 nitrogen and oxygen atoms in total. The molecule has 0 bridgehead atoms. The molecular weight excluding hydrogens is 618 g/mol. The summed E-state index contributed by atoms with van der Waals surface area (Å²) in [6.07, 6.45) is -0.0787. The number of alkyl halides is 4. The van der Waals surface area contributed by atoms with Crippen LogP contribution in [0, 0.1) is 0 Å². The number of amides is 1. The molecule has 14 heteroatoms. The molecular formula is C30H33F4N5O3S2. The largest absolute Gasteiger partial charge is 0.420 e. The first-order valence-corrected chi connectivity index (χ1v) is 17.3. The van der Waals surface area contributed by atoms with Crippen LogP contribution in [-0.4, -0.2) is 78.7 Å². The van der Waals surface area contributed by atoms with Gasteiger partial charge < -0.3 is 15.1 Å². The topological polar surface area (TPSA) is 95.5 Å². The van der Waals surface area contributed by atoms with Crippen molar-refractivity contribution in [3.8, 4) is 10.6 Å². The maximum atomic E-state index is 14.1. The molecule has 3 aliphatic rings. The summed E-state index contributed by atoms with van der Waals surface area (Å²) in [5.41, 5.74) is 1.15. The number of fused-ring (bicyclic) bond motifs is 1. The van der Waals surface area contributed by atoms with E-state index in [1.165, 1.54) is 4.90 Å². The molecule has 3 aromatic rings. The van der Waals surface area contributed by atoms with E-state index < -0.39 is 33.2 Å². The summed E-state index contributed by atoms with van der Waals surface area (Å²) >= 11 is 0.722. The minimum atomic E-state index is -4.81. The van der Waals surface area contributed by atoms with E-state index in [0.29, 0.717) is 30.8 Å². The van der Waals surface area contributed by atoms with E-state index in [-0.39, 0.29) is 45.6 Å². The number of carbonyl (C=O) groups is 1. The summed E-state index contributed by atoms with van der Waals surface area (Å²) in [4.78, 5) is 24.7. The van der Waals surface area contributed by atoms with Crippen LogP contribution in [-0.2, 0) is 22.4 Å². The molecule has 6 rings (SSSR count). The van der Waals surface area contributed by atoms with Gasteiger partial charge in [-0.05, 0) is 74.4 Å². The number of carbonyl (C=O) groups excluding carboxylic acids is 1. The van der Waals surface area contributed by atoms with E-state index in [1.54, 1.807) is 0 Å². The third-order valence-electron chi connectivity index (χ3n) is 8.62. The second-order valence-electron chi connectivity index (χ2n) is 11.5. The molecule has 1 aliphatic carbocycles. The summed E-state index contributed by atoms with van der Waals surface area (Å²) in [6, 6.07) is 7.05. The van der Waals surface area contributed by atoms with Crippen molar-refractivity contribution in [3.05, 3.63) is 52.0 Å². The lowest BCUT2D eigenvalue weighted by molar-refractivity contribution is -0.137. The molecule has 1 saturated carbocycles. The van der Waals surface area contributed by atoms with Gasteiger partial charge in [0.15, 0.2) is 9.84 Å². The lowest BCUT2D eigenvalue weighted by Crippen LogP contribution is -2.34. The van der Waals surface area contributed by atoms with Crippen molar-refractivity contribution < 1.29 is 30.8 Å². The number of thiophene rings is 1. The Labute approximate surface area is 257 Å². The molecule has 1 N–H and O–H groups in total. The van der Waals surface area contributed by atoms with E-state index in [2.05, 4.69) is 26.3 Å². The van der Waals surface area contributed by atoms with Crippen LogP contribution in [0.3, 0.4) is 0 Å². The van der Waals surface area contributed by atoms with Crippen molar-refractivity contribution in [1.82, 2.24) is 19.8 Å². The number of halogens is 4. The number of nitrogens with one attached hydrogen (secondary N) is 1. The van der Waals surface area contributed by atoms with Crippen molar-refractivity contribution in [2.45, 2.75) is 62.1 Å². The Balaban J connectivity index is 1.32. The highest BCUT2D eigenvalue weighted by molar-refractivity contribution is 7.91. The molecule has 2 aromatic heterocycles. The Hall–Kier alpha value is -3.10. The molecule has 2 aliphatic heterocycles. The van der Waals surface area contributed by atoms with Crippen LogP contribution in [0.15, 0.2) is 35.4 Å². The Morgan fingerprint density at radius 1 is 1.09 bits per heavy atom. The lowest BCUT2D eigenvalue weighted by atomic mass is 9.88. The number of likely N-dealkylation sites (tertiary alicyclic amines) is 1. The molecule has 0 spiro atoms. The fourth-order valence-corrected chi connectivity index (χ4v) is 8.93. The minimum absolute atomic E-state index is 0.0388. The van der Waals surface area contributed by atoms with Gasteiger partial charge in [-0.3, -0.25) is 4.79 Å². The second kappa shape index (κ2) is 12.0. The van der Waals surface area contributed by atoms with Gasteiger partial charge in [0.25, 0.3) is 5.91 Å². The number of piperidine rings is 1. The highest BCUT2D eigenvalue weighted by atomic mass is 32.2. The number of benzene rings is 1. The van der Waals surface area contributed by atoms with Crippen molar-refractivity contribution in [1.29, 1.82) is 0 Å². The summed E-state index contributed by atoms with van der Waals surface area (Å²) in [5, 5.41) is 3.06. The van der Waals surface area contributed by atoms with Gasteiger partial charge in [-0.2, -0.15) is 13.2 Å². The molecule has 1 saturated heterocycles. The van der Waals surface area contributed by atoms with E-state index in [4.69, 9.17) is 0 Å². The Bertz CT molecular complexity index is 1670. The number of hydrogen-bond donors (Lipinski definition) is 1. The summed E-state index contributed by atoms with van der Waals surface area (Å²) in [6.45, 7) is 3.79. The van der Waals surface area contributed by atoms with Gasteiger partial charge in [0.2, 0.25) is 5.95 Å². The second-order valence-corrected chi connectivity index (χ2v) is 14.6. The molecule has 0 atom stereocenters. The Morgan fingerprint density at radius 2 is 1.84 bits per heavy atom. The van der Waals surface area contributed by atoms with Gasteiger partial charge in [0.1, 0.15) is 17.1 Å². The van der Waals surface area contributed by atoms with Crippen molar-refractivity contribution >= 4 is 38.7 Å². The maximum Gasteiger partial charge on any atom is 0.420 e. The number of hydrogen-bond acceptors (Lipinski definition) is 8. The highest BCUT2D eigenvalue weighted by Crippen LogP contribution is 2.43. The van der Waals surface area contributed by atoms with E-state index in [0.717, 1.165) is 67.3 Å². The third kappa shape index (κ3) is 6.20. The predicted octanol–water partition coefficient (Wildman–Crippen LogP) is 6.07. The fraction of sp³-hybridized carbons (Fsp3) is 0.500. The molecule has 1 amide bonds. The first-order valence-electron chi connectivity index (χ1n) is 14.8. The van der Waals surface area contributed by atoms with Crippen LogP contribution in [0.4, 0.5) is 29.2 Å². The standard InChI is InChI=1S/C30H33F4N5O3S2/c1-2-18-15-20(19-7-10-38(11-8-19)12-9-31)3-6-23(18)36-29-35-17-22(30(32,33)34)26(37-29)24-16-25-27(43-24)28(40)39(21-4-5-21)13-14-44(25,41)42/h3,6,15-17,19,21H,2,4-5,7-14H2,1H3,(H,35,36,37). The van der Waals surface area contributed by atoms with Crippen LogP contribution in [0.2, 0.25) is 0 Å².